The van der Waals surface area contributed by atoms with E-state index in [-0.39, 0.29) is 20.6 Å². The molecule has 11 heteroatoms. The summed E-state index contributed by atoms with van der Waals surface area (Å²) >= 11 is 0. The molecule has 0 radical (unpaired) electrons. The van der Waals surface area contributed by atoms with E-state index in [0.717, 1.165) is 0 Å². The number of hydrogen-bond donors (Lipinski definition) is 2. The SMILES string of the molecule is O=C1On2c(=O)c3[nH]c(=O)[nH]c3n(c2=O)OC1=O. The first-order chi connectivity index (χ1) is 8.49. The van der Waals surface area contributed by atoms with Gasteiger partial charge in [0.1, 0.15) is 0 Å². The quantitative estimate of drug-likeness (QED) is 0.457. The van der Waals surface area contributed by atoms with Crippen LogP contribution in [0.2, 0.25) is 0 Å². The largest absolute Gasteiger partial charge is 0.444 e. The Hall–Kier alpha value is -3.11. The first kappa shape index (κ1) is 10.1. The molecule has 0 aliphatic carbocycles. The normalized spacial score (nSPS) is 14.2. The Morgan fingerprint density at radius 3 is 2.11 bits per heavy atom. The van der Waals surface area contributed by atoms with Gasteiger partial charge < -0.3 is 9.68 Å². The molecule has 2 aromatic rings. The van der Waals surface area contributed by atoms with E-state index in [1.165, 1.54) is 0 Å². The van der Waals surface area contributed by atoms with Gasteiger partial charge in [0, 0.05) is 0 Å². The van der Waals surface area contributed by atoms with E-state index < -0.39 is 28.9 Å². The van der Waals surface area contributed by atoms with Crippen LogP contribution in [0.5, 0.6) is 0 Å². The van der Waals surface area contributed by atoms with Crippen LogP contribution >= 0.6 is 0 Å². The smallest absolute Gasteiger partial charge is 0.319 e. The zero-order chi connectivity index (χ0) is 13.0. The predicted octanol–water partition coefficient (Wildman–Crippen LogP) is -3.90. The number of H-pyrrole nitrogens is 2. The lowest BCUT2D eigenvalue weighted by Crippen LogP contribution is -2.43. The standard InChI is InChI=1S/C7H2N4O7/c12-3-1-2(9-6(15)8-1)10-7(16)11(3)18-5(14)4(13)17-10/h(H2,8,9,15). The molecule has 0 unspecified atom stereocenters. The first-order valence-electron chi connectivity index (χ1n) is 4.44. The van der Waals surface area contributed by atoms with Crippen molar-refractivity contribution in [3.05, 3.63) is 31.3 Å². The van der Waals surface area contributed by atoms with Crippen molar-refractivity contribution < 1.29 is 19.3 Å². The molecule has 92 valence electrons. The maximum Gasteiger partial charge on any atom is 0.444 e. The van der Waals surface area contributed by atoms with Crippen LogP contribution in [0.25, 0.3) is 11.2 Å². The molecular formula is C7H2N4O7. The van der Waals surface area contributed by atoms with Crippen LogP contribution in [-0.2, 0) is 9.59 Å². The molecule has 0 atom stereocenters. The van der Waals surface area contributed by atoms with E-state index >= 15 is 0 Å². The summed E-state index contributed by atoms with van der Waals surface area (Å²) in [5.41, 5.74) is -3.88. The topological polar surface area (TPSA) is 145 Å². The number of carbonyl (C=O) groups excluding carboxylic acids is 2. The van der Waals surface area contributed by atoms with Gasteiger partial charge in [0.25, 0.3) is 0 Å². The van der Waals surface area contributed by atoms with Gasteiger partial charge in [-0.05, 0) is 0 Å². The second-order valence-electron chi connectivity index (χ2n) is 3.24. The van der Waals surface area contributed by atoms with Crippen molar-refractivity contribution in [3.63, 3.8) is 0 Å². The molecule has 3 rings (SSSR count). The molecule has 2 aromatic heterocycles. The minimum atomic E-state index is -1.54. The molecule has 0 saturated carbocycles. The van der Waals surface area contributed by atoms with Gasteiger partial charge in [0.2, 0.25) is 0 Å². The number of rotatable bonds is 0. The molecule has 0 amide bonds. The van der Waals surface area contributed by atoms with Gasteiger partial charge in [-0.1, -0.05) is 9.46 Å². The molecule has 11 nitrogen and oxygen atoms in total. The zero-order valence-electron chi connectivity index (χ0n) is 8.25. The van der Waals surface area contributed by atoms with Gasteiger partial charge in [-0.25, -0.2) is 19.2 Å². The summed E-state index contributed by atoms with van der Waals surface area (Å²) in [7, 11) is 0. The fraction of sp³-hybridized carbons (Fsp3) is 0. The third-order valence-corrected chi connectivity index (χ3v) is 2.17. The van der Waals surface area contributed by atoms with Crippen molar-refractivity contribution >= 4 is 23.1 Å². The summed E-state index contributed by atoms with van der Waals surface area (Å²) in [6.07, 6.45) is 0. The second-order valence-corrected chi connectivity index (χ2v) is 3.24. The molecular weight excluding hydrogens is 252 g/mol. The molecule has 2 bridgehead atoms. The molecule has 0 fully saturated rings. The molecule has 0 saturated heterocycles. The molecule has 1 aliphatic rings. The van der Waals surface area contributed by atoms with Crippen LogP contribution in [0.15, 0.2) is 14.4 Å². The van der Waals surface area contributed by atoms with Gasteiger partial charge in [-0.2, -0.15) is 0 Å². The fourth-order valence-corrected chi connectivity index (χ4v) is 1.45. The fourth-order valence-electron chi connectivity index (χ4n) is 1.45. The van der Waals surface area contributed by atoms with E-state index in [1.807, 2.05) is 0 Å². The van der Waals surface area contributed by atoms with Crippen LogP contribution in [0.3, 0.4) is 0 Å². The highest BCUT2D eigenvalue weighted by molar-refractivity contribution is 6.30. The average Bonchev–Trinajstić information content (AvgIpc) is 2.67. The van der Waals surface area contributed by atoms with E-state index in [2.05, 4.69) is 19.6 Å². The summed E-state index contributed by atoms with van der Waals surface area (Å²) in [4.78, 5) is 69.3. The van der Waals surface area contributed by atoms with Crippen LogP contribution in [0.4, 0.5) is 0 Å². The summed E-state index contributed by atoms with van der Waals surface area (Å²) in [5, 5.41) is 0. The van der Waals surface area contributed by atoms with Gasteiger partial charge in [0.05, 0.1) is 0 Å². The maximum atomic E-state index is 11.7. The molecule has 0 spiro atoms. The monoisotopic (exact) mass is 254 g/mol. The van der Waals surface area contributed by atoms with Crippen molar-refractivity contribution in [2.45, 2.75) is 0 Å². The average molecular weight is 254 g/mol. The molecule has 2 N–H and O–H groups in total. The number of nitrogens with zero attached hydrogens (tertiary/aromatic N) is 2. The lowest BCUT2D eigenvalue weighted by Gasteiger charge is -2.01. The Kier molecular flexibility index (Phi) is 1.66. The summed E-state index contributed by atoms with van der Waals surface area (Å²) in [6, 6.07) is 0. The number of aromatic nitrogens is 4. The number of nitrogens with one attached hydrogen (secondary N) is 2. The summed E-state index contributed by atoms with van der Waals surface area (Å²) < 4.78 is 0.293. The molecule has 0 aromatic carbocycles. The highest BCUT2D eigenvalue weighted by Gasteiger charge is 2.30. The minimum Gasteiger partial charge on any atom is -0.319 e. The van der Waals surface area contributed by atoms with Crippen molar-refractivity contribution in [3.8, 4) is 0 Å². The van der Waals surface area contributed by atoms with E-state index in [1.54, 1.807) is 0 Å². The minimum absolute atomic E-state index is 0.0132. The second kappa shape index (κ2) is 2.97. The van der Waals surface area contributed by atoms with Crippen LogP contribution in [0, 0.1) is 0 Å². The highest BCUT2D eigenvalue weighted by Crippen LogP contribution is 1.98. The third kappa shape index (κ3) is 1.09. The van der Waals surface area contributed by atoms with E-state index in [0.29, 0.717) is 0 Å². The zero-order valence-corrected chi connectivity index (χ0v) is 8.25. The Morgan fingerprint density at radius 1 is 0.833 bits per heavy atom. The molecule has 18 heavy (non-hydrogen) atoms. The Bertz CT molecular complexity index is 878. The molecule has 1 aliphatic heterocycles. The number of aromatic amines is 2. The highest BCUT2D eigenvalue weighted by atomic mass is 16.8. The van der Waals surface area contributed by atoms with Crippen molar-refractivity contribution in [1.29, 1.82) is 0 Å². The van der Waals surface area contributed by atoms with Gasteiger partial charge in [-0.3, -0.25) is 14.8 Å². The Morgan fingerprint density at radius 2 is 1.44 bits per heavy atom. The number of hydrogen-bond acceptors (Lipinski definition) is 7. The Labute approximate surface area is 94.1 Å². The van der Waals surface area contributed by atoms with Gasteiger partial charge in [0.15, 0.2) is 11.2 Å². The third-order valence-electron chi connectivity index (χ3n) is 2.17. The number of imidazole rings is 1. The van der Waals surface area contributed by atoms with E-state index in [4.69, 9.17) is 0 Å². The predicted molar refractivity (Wildman–Crippen MR) is 50.6 cm³/mol. The van der Waals surface area contributed by atoms with Crippen LogP contribution in [0.1, 0.15) is 0 Å². The summed E-state index contributed by atoms with van der Waals surface area (Å²) in [5.74, 6) is -3.04. The lowest BCUT2D eigenvalue weighted by molar-refractivity contribution is -0.165. The van der Waals surface area contributed by atoms with Crippen LogP contribution in [-0.4, -0.2) is 31.4 Å². The van der Waals surface area contributed by atoms with Crippen molar-refractivity contribution in [1.82, 2.24) is 19.4 Å². The van der Waals surface area contributed by atoms with Gasteiger partial charge in [-0.15, -0.1) is 0 Å². The van der Waals surface area contributed by atoms with Gasteiger partial charge >= 0.3 is 28.9 Å². The van der Waals surface area contributed by atoms with Crippen molar-refractivity contribution in [2.75, 3.05) is 0 Å². The number of carbonyl (C=O) groups is 2. The van der Waals surface area contributed by atoms with Crippen LogP contribution < -0.4 is 26.6 Å². The van der Waals surface area contributed by atoms with E-state index in [9.17, 15) is 24.0 Å². The number of fused-ring (bicyclic) bond motifs is 4. The summed E-state index contributed by atoms with van der Waals surface area (Å²) in [6.45, 7) is 0. The first-order valence-corrected chi connectivity index (χ1v) is 4.44. The maximum absolute atomic E-state index is 11.7. The Balaban J connectivity index is 2.58. The molecule has 3 heterocycles. The van der Waals surface area contributed by atoms with Crippen molar-refractivity contribution in [2.24, 2.45) is 0 Å². The lowest BCUT2D eigenvalue weighted by atomic mass is 10.5.